The van der Waals surface area contributed by atoms with Crippen LogP contribution in [0.3, 0.4) is 0 Å². The molecule has 0 aromatic heterocycles. The molecule has 0 bridgehead atoms. The number of carboxylic acids is 1. The van der Waals surface area contributed by atoms with Crippen molar-refractivity contribution < 1.29 is 19.4 Å². The van der Waals surface area contributed by atoms with E-state index in [0.717, 1.165) is 0 Å². The van der Waals surface area contributed by atoms with Crippen molar-refractivity contribution in [3.8, 4) is 0 Å². The Bertz CT molecular complexity index is 145. The normalized spacial score (nSPS) is 13.2. The van der Waals surface area contributed by atoms with Gasteiger partial charge in [-0.1, -0.05) is 0 Å². The second-order valence-electron chi connectivity index (χ2n) is 3.20. The number of hydrogen-bond acceptors (Lipinski definition) is 3. The van der Waals surface area contributed by atoms with Crippen molar-refractivity contribution in [2.24, 2.45) is 0 Å². The van der Waals surface area contributed by atoms with Gasteiger partial charge in [-0.3, -0.25) is 4.79 Å². The minimum absolute atomic E-state index is 0.0433. The number of carboxylic acid groups (broad SMARTS) is 1. The third-order valence-electron chi connectivity index (χ3n) is 1.40. The summed E-state index contributed by atoms with van der Waals surface area (Å²) in [6.07, 6.45) is -0.00607. The van der Waals surface area contributed by atoms with Crippen molar-refractivity contribution in [1.29, 1.82) is 0 Å². The van der Waals surface area contributed by atoms with Crippen LogP contribution in [-0.4, -0.2) is 36.5 Å². The van der Waals surface area contributed by atoms with Crippen molar-refractivity contribution in [1.82, 2.24) is 0 Å². The minimum Gasteiger partial charge on any atom is -0.481 e. The average molecular weight is 190 g/mol. The maximum absolute atomic E-state index is 10.2. The van der Waals surface area contributed by atoms with Gasteiger partial charge in [-0.15, -0.1) is 0 Å². The number of carbonyl (C=O) groups is 1. The fraction of sp³-hybridized carbons (Fsp3) is 0.889. The highest BCUT2D eigenvalue weighted by Crippen LogP contribution is 1.97. The first-order valence-electron chi connectivity index (χ1n) is 4.47. The van der Waals surface area contributed by atoms with E-state index in [1.165, 1.54) is 0 Å². The van der Waals surface area contributed by atoms with Gasteiger partial charge in [0, 0.05) is 0 Å². The van der Waals surface area contributed by atoms with Gasteiger partial charge < -0.3 is 14.6 Å². The summed E-state index contributed by atoms with van der Waals surface area (Å²) < 4.78 is 10.4. The van der Waals surface area contributed by atoms with Crippen LogP contribution in [0.25, 0.3) is 0 Å². The molecule has 4 heteroatoms. The molecule has 0 rings (SSSR count). The van der Waals surface area contributed by atoms with Crippen LogP contribution in [0.5, 0.6) is 0 Å². The van der Waals surface area contributed by atoms with Gasteiger partial charge in [0.2, 0.25) is 0 Å². The summed E-state index contributed by atoms with van der Waals surface area (Å²) in [5.74, 6) is -0.836. The fourth-order valence-corrected chi connectivity index (χ4v) is 0.838. The molecular weight excluding hydrogens is 172 g/mol. The van der Waals surface area contributed by atoms with Crippen molar-refractivity contribution in [2.75, 3.05) is 13.2 Å². The maximum atomic E-state index is 10.2. The second kappa shape index (κ2) is 6.86. The number of aliphatic carboxylic acids is 1. The molecule has 0 radical (unpaired) electrons. The van der Waals surface area contributed by atoms with E-state index in [0.29, 0.717) is 13.2 Å². The highest BCUT2D eigenvalue weighted by Gasteiger charge is 2.07. The van der Waals surface area contributed by atoms with Crippen molar-refractivity contribution in [3.05, 3.63) is 0 Å². The molecule has 0 heterocycles. The molecule has 0 aliphatic rings. The number of rotatable bonds is 7. The fourth-order valence-electron chi connectivity index (χ4n) is 0.838. The van der Waals surface area contributed by atoms with Crippen LogP contribution in [0.1, 0.15) is 27.2 Å². The number of hydrogen-bond donors (Lipinski definition) is 1. The summed E-state index contributed by atoms with van der Waals surface area (Å²) in [6.45, 7) is 6.60. The lowest BCUT2D eigenvalue weighted by molar-refractivity contribution is -0.140. The molecule has 0 saturated carbocycles. The van der Waals surface area contributed by atoms with E-state index in [9.17, 15) is 4.79 Å². The largest absolute Gasteiger partial charge is 0.481 e. The van der Waals surface area contributed by atoms with Gasteiger partial charge in [-0.25, -0.2) is 0 Å². The molecular formula is C9H18O4. The van der Waals surface area contributed by atoms with Crippen LogP contribution in [-0.2, 0) is 14.3 Å². The van der Waals surface area contributed by atoms with Crippen LogP contribution in [0, 0.1) is 0 Å². The van der Waals surface area contributed by atoms with Crippen molar-refractivity contribution in [3.63, 3.8) is 0 Å². The molecule has 0 saturated heterocycles. The molecule has 0 aromatic carbocycles. The Balaban J connectivity index is 3.26. The number of ether oxygens (including phenoxy) is 2. The zero-order valence-corrected chi connectivity index (χ0v) is 8.45. The molecule has 1 atom stereocenters. The Kier molecular flexibility index (Phi) is 6.54. The molecule has 13 heavy (non-hydrogen) atoms. The second-order valence-corrected chi connectivity index (χ2v) is 3.20. The average Bonchev–Trinajstić information content (AvgIpc) is 1.96. The zero-order chi connectivity index (χ0) is 10.3. The highest BCUT2D eigenvalue weighted by molar-refractivity contribution is 5.67. The predicted octanol–water partition coefficient (Wildman–Crippen LogP) is 1.29. The van der Waals surface area contributed by atoms with Crippen LogP contribution >= 0.6 is 0 Å². The molecule has 0 aliphatic heterocycles. The Morgan fingerprint density at radius 3 is 2.23 bits per heavy atom. The highest BCUT2D eigenvalue weighted by atomic mass is 16.5. The predicted molar refractivity (Wildman–Crippen MR) is 48.8 cm³/mol. The molecule has 1 N–H and O–H groups in total. The van der Waals surface area contributed by atoms with Gasteiger partial charge in [0.05, 0.1) is 31.8 Å². The lowest BCUT2D eigenvalue weighted by Crippen LogP contribution is -2.17. The Morgan fingerprint density at radius 2 is 1.77 bits per heavy atom. The molecule has 0 aromatic rings. The Morgan fingerprint density at radius 1 is 1.23 bits per heavy atom. The lowest BCUT2D eigenvalue weighted by Gasteiger charge is -2.12. The van der Waals surface area contributed by atoms with E-state index in [2.05, 4.69) is 0 Å². The van der Waals surface area contributed by atoms with Crippen LogP contribution in [0.15, 0.2) is 0 Å². The van der Waals surface area contributed by atoms with Crippen LogP contribution in [0.2, 0.25) is 0 Å². The van der Waals surface area contributed by atoms with Gasteiger partial charge in [0.15, 0.2) is 0 Å². The van der Waals surface area contributed by atoms with Gasteiger partial charge in [0.1, 0.15) is 0 Å². The smallest absolute Gasteiger partial charge is 0.305 e. The summed E-state index contributed by atoms with van der Waals surface area (Å²) in [6, 6.07) is 0. The van der Waals surface area contributed by atoms with Crippen LogP contribution < -0.4 is 0 Å². The first-order chi connectivity index (χ1) is 6.02. The van der Waals surface area contributed by atoms with E-state index >= 15 is 0 Å². The first kappa shape index (κ1) is 12.4. The van der Waals surface area contributed by atoms with Gasteiger partial charge in [0.25, 0.3) is 0 Å². The minimum atomic E-state index is -0.836. The quantitative estimate of drug-likeness (QED) is 0.614. The topological polar surface area (TPSA) is 55.8 Å². The van der Waals surface area contributed by atoms with Crippen LogP contribution in [0.4, 0.5) is 0 Å². The van der Waals surface area contributed by atoms with Gasteiger partial charge in [-0.05, 0) is 20.8 Å². The molecule has 0 fully saturated rings. The SMILES string of the molecule is CC(C)OCCO[C@H](C)CC(=O)O. The van der Waals surface area contributed by atoms with E-state index in [4.69, 9.17) is 14.6 Å². The summed E-state index contributed by atoms with van der Waals surface area (Å²) in [7, 11) is 0. The van der Waals surface area contributed by atoms with Gasteiger partial charge >= 0.3 is 5.97 Å². The maximum Gasteiger partial charge on any atom is 0.305 e. The lowest BCUT2D eigenvalue weighted by atomic mass is 10.3. The summed E-state index contributed by atoms with van der Waals surface area (Å²) >= 11 is 0. The van der Waals surface area contributed by atoms with Gasteiger partial charge in [-0.2, -0.15) is 0 Å². The summed E-state index contributed by atoms with van der Waals surface area (Å²) in [5, 5.41) is 8.42. The third-order valence-corrected chi connectivity index (χ3v) is 1.40. The molecule has 0 unspecified atom stereocenters. The van der Waals surface area contributed by atoms with E-state index in [-0.39, 0.29) is 18.6 Å². The molecule has 0 spiro atoms. The van der Waals surface area contributed by atoms with E-state index in [1.54, 1.807) is 6.92 Å². The zero-order valence-electron chi connectivity index (χ0n) is 8.45. The Hall–Kier alpha value is -0.610. The summed E-state index contributed by atoms with van der Waals surface area (Å²) in [4.78, 5) is 10.2. The first-order valence-corrected chi connectivity index (χ1v) is 4.47. The Labute approximate surface area is 78.8 Å². The van der Waals surface area contributed by atoms with E-state index < -0.39 is 5.97 Å². The molecule has 4 nitrogen and oxygen atoms in total. The standard InChI is InChI=1S/C9H18O4/c1-7(2)12-4-5-13-8(3)6-9(10)11/h7-8H,4-6H2,1-3H3,(H,10,11)/t8-/m1/s1. The van der Waals surface area contributed by atoms with Crippen molar-refractivity contribution >= 4 is 5.97 Å². The monoisotopic (exact) mass is 190 g/mol. The molecule has 0 aliphatic carbocycles. The summed E-state index contributed by atoms with van der Waals surface area (Å²) in [5.41, 5.74) is 0. The molecule has 78 valence electrons. The third kappa shape index (κ3) is 9.30. The van der Waals surface area contributed by atoms with E-state index in [1.807, 2.05) is 13.8 Å². The molecule has 0 amide bonds. The van der Waals surface area contributed by atoms with Crippen molar-refractivity contribution in [2.45, 2.75) is 39.4 Å².